The molecule has 1 aliphatic carbocycles. The smallest absolute Gasteiger partial charge is 0.148 e. The van der Waals surface area contributed by atoms with Crippen molar-refractivity contribution in [2.24, 2.45) is 0 Å². The molecular formula is C21H19NO2. The fourth-order valence-corrected chi connectivity index (χ4v) is 3.64. The van der Waals surface area contributed by atoms with E-state index >= 15 is 0 Å². The Bertz CT molecular complexity index is 805. The molecule has 0 spiro atoms. The average Bonchev–Trinajstić information content (AvgIpc) is 2.57. The Labute approximate surface area is 142 Å². The first-order valence-corrected chi connectivity index (χ1v) is 8.05. The van der Waals surface area contributed by atoms with Gasteiger partial charge in [0.25, 0.3) is 0 Å². The topological polar surface area (TPSA) is 47.0 Å². The summed E-state index contributed by atoms with van der Waals surface area (Å²) >= 11 is 0. The third-order valence-corrected chi connectivity index (χ3v) is 4.69. The van der Waals surface area contributed by atoms with E-state index in [0.717, 1.165) is 27.9 Å². The molecule has 2 aromatic rings. The van der Waals surface area contributed by atoms with Gasteiger partial charge in [-0.3, -0.25) is 14.6 Å². The first kappa shape index (κ1) is 16.1. The van der Waals surface area contributed by atoms with Crippen molar-refractivity contribution in [2.45, 2.75) is 38.5 Å². The quantitative estimate of drug-likeness (QED) is 0.629. The van der Waals surface area contributed by atoms with E-state index in [2.05, 4.69) is 10.9 Å². The fourth-order valence-electron chi connectivity index (χ4n) is 3.64. The number of ketones is 2. The lowest BCUT2D eigenvalue weighted by Crippen LogP contribution is -2.32. The zero-order valence-corrected chi connectivity index (χ0v) is 13.9. The average molecular weight is 317 g/mol. The molecule has 1 heterocycles. The molecule has 1 aromatic carbocycles. The van der Waals surface area contributed by atoms with Crippen LogP contribution in [0.4, 0.5) is 0 Å². The summed E-state index contributed by atoms with van der Waals surface area (Å²) < 4.78 is 0. The van der Waals surface area contributed by atoms with E-state index in [9.17, 15) is 9.59 Å². The highest BCUT2D eigenvalue weighted by molar-refractivity contribution is 6.10. The predicted octanol–water partition coefficient (Wildman–Crippen LogP) is 3.48. The van der Waals surface area contributed by atoms with Gasteiger partial charge in [0.05, 0.1) is 0 Å². The van der Waals surface area contributed by atoms with Gasteiger partial charge in [0.2, 0.25) is 0 Å². The summed E-state index contributed by atoms with van der Waals surface area (Å²) in [5, 5.41) is 0. The highest BCUT2D eigenvalue weighted by Gasteiger charge is 2.38. The van der Waals surface area contributed by atoms with Crippen LogP contribution in [0.25, 0.3) is 0 Å². The summed E-state index contributed by atoms with van der Waals surface area (Å²) in [7, 11) is 0. The summed E-state index contributed by atoms with van der Waals surface area (Å²) in [5.41, 5.74) is 4.23. The molecular weight excluding hydrogens is 298 g/mol. The second-order valence-electron chi connectivity index (χ2n) is 6.39. The maximum absolute atomic E-state index is 12.8. The second-order valence-corrected chi connectivity index (χ2v) is 6.39. The summed E-state index contributed by atoms with van der Waals surface area (Å²) in [6.07, 6.45) is 7.86. The number of aromatic nitrogens is 1. The molecule has 1 fully saturated rings. The Hall–Kier alpha value is -2.73. The minimum Gasteiger partial charge on any atom is -0.298 e. The highest BCUT2D eigenvalue weighted by Crippen LogP contribution is 2.37. The Balaban J connectivity index is 1.94. The number of benzene rings is 1. The van der Waals surface area contributed by atoms with Crippen molar-refractivity contribution in [3.8, 4) is 12.3 Å². The normalized spacial score (nSPS) is 20.7. The van der Waals surface area contributed by atoms with Crippen LogP contribution in [0.5, 0.6) is 0 Å². The number of hydrogen-bond donors (Lipinski definition) is 0. The number of nitrogens with zero attached hydrogens (tertiary/aromatic N) is 1. The lowest BCUT2D eigenvalue weighted by atomic mass is 9.73. The molecule has 3 heteroatoms. The van der Waals surface area contributed by atoms with Crippen LogP contribution < -0.4 is 0 Å². The minimum atomic E-state index is -0.670. The first-order chi connectivity index (χ1) is 11.5. The van der Waals surface area contributed by atoms with Crippen molar-refractivity contribution in [3.05, 3.63) is 64.5 Å². The zero-order chi connectivity index (χ0) is 17.3. The second kappa shape index (κ2) is 6.41. The van der Waals surface area contributed by atoms with Gasteiger partial charge < -0.3 is 0 Å². The monoisotopic (exact) mass is 317 g/mol. The first-order valence-electron chi connectivity index (χ1n) is 8.05. The van der Waals surface area contributed by atoms with Crippen molar-refractivity contribution < 1.29 is 9.59 Å². The van der Waals surface area contributed by atoms with Crippen LogP contribution in [-0.2, 0) is 9.59 Å². The SMILES string of the molecule is C#Cc1cc(C)c(C2C(=O)CC(c3ccccn3)CC2=O)c(C)c1. The summed E-state index contributed by atoms with van der Waals surface area (Å²) in [6.45, 7) is 3.82. The Morgan fingerprint density at radius 3 is 2.21 bits per heavy atom. The molecule has 24 heavy (non-hydrogen) atoms. The van der Waals surface area contributed by atoms with Crippen molar-refractivity contribution >= 4 is 11.6 Å². The van der Waals surface area contributed by atoms with E-state index in [1.54, 1.807) is 6.20 Å². The molecule has 1 aromatic heterocycles. The van der Waals surface area contributed by atoms with E-state index in [4.69, 9.17) is 6.42 Å². The Morgan fingerprint density at radius 1 is 1.08 bits per heavy atom. The van der Waals surface area contributed by atoms with Crippen molar-refractivity contribution in [1.82, 2.24) is 4.98 Å². The lowest BCUT2D eigenvalue weighted by Gasteiger charge is -2.28. The maximum atomic E-state index is 12.8. The molecule has 1 saturated carbocycles. The van der Waals surface area contributed by atoms with Gasteiger partial charge in [-0.1, -0.05) is 12.0 Å². The van der Waals surface area contributed by atoms with Crippen molar-refractivity contribution in [3.63, 3.8) is 0 Å². The number of pyridine rings is 1. The van der Waals surface area contributed by atoms with E-state index in [1.807, 2.05) is 44.2 Å². The molecule has 0 radical (unpaired) electrons. The third-order valence-electron chi connectivity index (χ3n) is 4.69. The predicted molar refractivity (Wildman–Crippen MR) is 92.8 cm³/mol. The molecule has 1 aliphatic rings. The summed E-state index contributed by atoms with van der Waals surface area (Å²) in [5.74, 6) is 1.77. The van der Waals surface area contributed by atoms with Crippen LogP contribution in [0.15, 0.2) is 36.5 Å². The number of carbonyl (C=O) groups is 2. The highest BCUT2D eigenvalue weighted by atomic mass is 16.2. The van der Waals surface area contributed by atoms with Gasteiger partial charge >= 0.3 is 0 Å². The van der Waals surface area contributed by atoms with Crippen LogP contribution in [0.1, 0.15) is 52.6 Å². The van der Waals surface area contributed by atoms with Crippen molar-refractivity contribution in [1.29, 1.82) is 0 Å². The Kier molecular flexibility index (Phi) is 4.31. The van der Waals surface area contributed by atoms with Gasteiger partial charge in [-0.05, 0) is 54.8 Å². The molecule has 3 rings (SSSR count). The fraction of sp³-hybridized carbons (Fsp3) is 0.286. The van der Waals surface area contributed by atoms with Gasteiger partial charge in [-0.2, -0.15) is 0 Å². The van der Waals surface area contributed by atoms with Gasteiger partial charge in [-0.25, -0.2) is 0 Å². The van der Waals surface area contributed by atoms with Crippen LogP contribution in [0.3, 0.4) is 0 Å². The molecule has 0 bridgehead atoms. The van der Waals surface area contributed by atoms with E-state index in [-0.39, 0.29) is 17.5 Å². The summed E-state index contributed by atoms with van der Waals surface area (Å²) in [4.78, 5) is 29.8. The van der Waals surface area contributed by atoms with Crippen molar-refractivity contribution in [2.75, 3.05) is 0 Å². The molecule has 0 unspecified atom stereocenters. The molecule has 0 amide bonds. The molecule has 120 valence electrons. The Morgan fingerprint density at radius 2 is 1.71 bits per heavy atom. The number of carbonyl (C=O) groups excluding carboxylic acids is 2. The third kappa shape index (κ3) is 2.88. The van der Waals surface area contributed by atoms with E-state index < -0.39 is 5.92 Å². The van der Waals surface area contributed by atoms with Crippen LogP contribution >= 0.6 is 0 Å². The molecule has 3 nitrogen and oxygen atoms in total. The number of Topliss-reactive ketones (excluding diaryl/α,β-unsaturated/α-hetero) is 2. The van der Waals surface area contributed by atoms with Gasteiger partial charge in [-0.15, -0.1) is 6.42 Å². The number of hydrogen-bond acceptors (Lipinski definition) is 3. The zero-order valence-electron chi connectivity index (χ0n) is 13.9. The minimum absolute atomic E-state index is 0.0263. The molecule has 0 N–H and O–H groups in total. The molecule has 0 aliphatic heterocycles. The number of aryl methyl sites for hydroxylation is 2. The number of terminal acetylenes is 1. The summed E-state index contributed by atoms with van der Waals surface area (Å²) in [6, 6.07) is 9.33. The standard InChI is InChI=1S/C21H19NO2/c1-4-15-9-13(2)20(14(3)10-15)21-18(23)11-16(12-19(21)24)17-7-5-6-8-22-17/h1,5-10,16,21H,11-12H2,2-3H3. The van der Waals surface area contributed by atoms with Gasteiger partial charge in [0.15, 0.2) is 0 Å². The molecule has 0 atom stereocenters. The van der Waals surface area contributed by atoms with Gasteiger partial charge in [0, 0.05) is 36.2 Å². The van der Waals surface area contributed by atoms with Crippen LogP contribution in [-0.4, -0.2) is 16.6 Å². The van der Waals surface area contributed by atoms with Gasteiger partial charge in [0.1, 0.15) is 17.5 Å². The number of rotatable bonds is 2. The lowest BCUT2D eigenvalue weighted by molar-refractivity contribution is -0.132. The largest absolute Gasteiger partial charge is 0.298 e. The van der Waals surface area contributed by atoms with Crippen LogP contribution in [0, 0.1) is 26.2 Å². The molecule has 0 saturated heterocycles. The van der Waals surface area contributed by atoms with E-state index in [1.165, 1.54) is 0 Å². The van der Waals surface area contributed by atoms with Crippen LogP contribution in [0.2, 0.25) is 0 Å². The van der Waals surface area contributed by atoms with E-state index in [0.29, 0.717) is 12.8 Å². The maximum Gasteiger partial charge on any atom is 0.148 e.